The maximum Gasteiger partial charge on any atom is 0.0945 e. The van der Waals surface area contributed by atoms with Crippen molar-refractivity contribution in [3.8, 4) is 11.3 Å². The molecular weight excluding hydrogens is 240 g/mol. The summed E-state index contributed by atoms with van der Waals surface area (Å²) in [6, 6.07) is 9.09. The Morgan fingerprint density at radius 1 is 1.22 bits per heavy atom. The van der Waals surface area contributed by atoms with Crippen LogP contribution >= 0.6 is 11.3 Å². The number of aryl methyl sites for hydroxylation is 1. The van der Waals surface area contributed by atoms with Crippen LogP contribution in [0.1, 0.15) is 24.4 Å². The van der Waals surface area contributed by atoms with Crippen molar-refractivity contribution in [2.24, 2.45) is 0 Å². The quantitative estimate of drug-likeness (QED) is 0.887. The fraction of sp³-hybridized carbons (Fsp3) is 0.400. The van der Waals surface area contributed by atoms with Crippen LogP contribution in [0.3, 0.4) is 0 Å². The average molecular weight is 260 g/mol. The van der Waals surface area contributed by atoms with Gasteiger partial charge in [-0.15, -0.1) is 11.3 Å². The maximum atomic E-state index is 4.69. The lowest BCUT2D eigenvalue weighted by molar-refractivity contribution is 0.590. The van der Waals surface area contributed by atoms with Gasteiger partial charge in [0.15, 0.2) is 0 Å². The first-order valence-corrected chi connectivity index (χ1v) is 7.28. The lowest BCUT2D eigenvalue weighted by Crippen LogP contribution is -2.24. The van der Waals surface area contributed by atoms with Crippen molar-refractivity contribution in [1.29, 1.82) is 0 Å². The van der Waals surface area contributed by atoms with Gasteiger partial charge in [0.25, 0.3) is 0 Å². The Labute approximate surface area is 113 Å². The summed E-state index contributed by atoms with van der Waals surface area (Å²) in [5, 5.41) is 6.77. The van der Waals surface area contributed by atoms with Crippen molar-refractivity contribution in [2.45, 2.75) is 33.2 Å². The van der Waals surface area contributed by atoms with Crippen molar-refractivity contribution < 1.29 is 0 Å². The number of hydrogen-bond donors (Lipinski definition) is 1. The highest BCUT2D eigenvalue weighted by Gasteiger charge is 2.04. The van der Waals surface area contributed by atoms with Gasteiger partial charge in [-0.25, -0.2) is 4.98 Å². The molecule has 0 saturated heterocycles. The van der Waals surface area contributed by atoms with Gasteiger partial charge in [-0.1, -0.05) is 43.7 Å². The smallest absolute Gasteiger partial charge is 0.0945 e. The molecule has 3 heteroatoms. The largest absolute Gasteiger partial charge is 0.314 e. The maximum absolute atomic E-state index is 4.69. The fourth-order valence-corrected chi connectivity index (χ4v) is 2.56. The summed E-state index contributed by atoms with van der Waals surface area (Å²) in [5.74, 6) is 0. The number of benzene rings is 1. The summed E-state index contributed by atoms with van der Waals surface area (Å²) in [6.45, 7) is 7.44. The van der Waals surface area contributed by atoms with E-state index >= 15 is 0 Å². The Morgan fingerprint density at radius 2 is 1.94 bits per heavy atom. The predicted molar refractivity (Wildman–Crippen MR) is 79.1 cm³/mol. The minimum atomic E-state index is 0.543. The molecule has 0 fully saturated rings. The van der Waals surface area contributed by atoms with E-state index in [1.54, 1.807) is 11.3 Å². The van der Waals surface area contributed by atoms with E-state index in [4.69, 9.17) is 0 Å². The first-order valence-electron chi connectivity index (χ1n) is 6.40. The van der Waals surface area contributed by atoms with Gasteiger partial charge in [-0.3, -0.25) is 0 Å². The van der Waals surface area contributed by atoms with E-state index in [1.807, 2.05) is 0 Å². The minimum absolute atomic E-state index is 0.543. The Kier molecular flexibility index (Phi) is 4.50. The molecule has 18 heavy (non-hydrogen) atoms. The van der Waals surface area contributed by atoms with Crippen molar-refractivity contribution >= 4 is 11.3 Å². The molecule has 96 valence electrons. The average Bonchev–Trinajstić information content (AvgIpc) is 2.78. The molecule has 0 aliphatic rings. The van der Waals surface area contributed by atoms with E-state index in [1.165, 1.54) is 16.1 Å². The summed E-state index contributed by atoms with van der Waals surface area (Å²) in [5.41, 5.74) is 3.59. The molecule has 0 unspecified atom stereocenters. The molecule has 0 saturated carbocycles. The molecule has 1 N–H and O–H groups in total. The van der Waals surface area contributed by atoms with Gasteiger partial charge in [-0.2, -0.15) is 0 Å². The second kappa shape index (κ2) is 6.12. The highest BCUT2D eigenvalue weighted by molar-refractivity contribution is 7.09. The van der Waals surface area contributed by atoms with Gasteiger partial charge in [0.1, 0.15) is 0 Å². The summed E-state index contributed by atoms with van der Waals surface area (Å²) in [7, 11) is 0. The van der Waals surface area contributed by atoms with E-state index in [0.717, 1.165) is 18.7 Å². The van der Waals surface area contributed by atoms with E-state index in [2.05, 4.69) is 60.7 Å². The first kappa shape index (κ1) is 13.2. The van der Waals surface area contributed by atoms with Crippen LogP contribution in [0.5, 0.6) is 0 Å². The number of aromatic nitrogens is 1. The summed E-state index contributed by atoms with van der Waals surface area (Å²) >= 11 is 1.75. The Hall–Kier alpha value is -1.19. The Balaban J connectivity index is 1.99. The molecule has 0 bridgehead atoms. The molecule has 1 heterocycles. The van der Waals surface area contributed by atoms with Gasteiger partial charge < -0.3 is 5.32 Å². The number of thiazole rings is 1. The predicted octanol–water partition coefficient (Wildman–Crippen LogP) is 3.66. The fourth-order valence-electron chi connectivity index (χ4n) is 1.75. The van der Waals surface area contributed by atoms with Crippen LogP contribution in [0.4, 0.5) is 0 Å². The molecule has 0 aliphatic heterocycles. The molecule has 0 aliphatic carbocycles. The molecule has 0 amide bonds. The molecule has 0 radical (unpaired) electrons. The first-order chi connectivity index (χ1) is 8.65. The zero-order valence-corrected chi connectivity index (χ0v) is 12.1. The standard InChI is InChI=1S/C15H20N2S/c1-11(2)16-9-8-15-17-14(10-18-15)13-6-4-12(3)5-7-13/h4-7,10-11,16H,8-9H2,1-3H3. The zero-order chi connectivity index (χ0) is 13.0. The van der Waals surface area contributed by atoms with Crippen molar-refractivity contribution in [2.75, 3.05) is 6.54 Å². The normalized spacial score (nSPS) is 11.1. The van der Waals surface area contributed by atoms with E-state index in [0.29, 0.717) is 6.04 Å². The van der Waals surface area contributed by atoms with Gasteiger partial charge in [0.05, 0.1) is 10.7 Å². The second-order valence-corrected chi connectivity index (χ2v) is 5.79. The van der Waals surface area contributed by atoms with Crippen molar-refractivity contribution in [3.05, 3.63) is 40.2 Å². The number of nitrogens with zero attached hydrogens (tertiary/aromatic N) is 1. The molecule has 2 rings (SSSR count). The van der Waals surface area contributed by atoms with Crippen LogP contribution in [0.2, 0.25) is 0 Å². The monoisotopic (exact) mass is 260 g/mol. The second-order valence-electron chi connectivity index (χ2n) is 4.85. The summed E-state index contributed by atoms with van der Waals surface area (Å²) < 4.78 is 0. The molecule has 2 nitrogen and oxygen atoms in total. The van der Waals surface area contributed by atoms with Crippen LogP contribution in [0.25, 0.3) is 11.3 Å². The van der Waals surface area contributed by atoms with E-state index in [-0.39, 0.29) is 0 Å². The summed E-state index contributed by atoms with van der Waals surface area (Å²) in [6.07, 6.45) is 1.01. The highest BCUT2D eigenvalue weighted by atomic mass is 32.1. The van der Waals surface area contributed by atoms with Gasteiger partial charge in [-0.05, 0) is 6.92 Å². The Morgan fingerprint density at radius 3 is 2.61 bits per heavy atom. The summed E-state index contributed by atoms with van der Waals surface area (Å²) in [4.78, 5) is 4.69. The third-order valence-electron chi connectivity index (χ3n) is 2.79. The molecule has 2 aromatic rings. The molecule has 1 aromatic heterocycles. The highest BCUT2D eigenvalue weighted by Crippen LogP contribution is 2.22. The van der Waals surface area contributed by atoms with Crippen molar-refractivity contribution in [1.82, 2.24) is 10.3 Å². The SMILES string of the molecule is Cc1ccc(-c2csc(CCNC(C)C)n2)cc1. The van der Waals surface area contributed by atoms with E-state index < -0.39 is 0 Å². The number of nitrogens with one attached hydrogen (secondary N) is 1. The molecule has 1 aromatic carbocycles. The van der Waals surface area contributed by atoms with Crippen LogP contribution in [0.15, 0.2) is 29.6 Å². The van der Waals surface area contributed by atoms with Crippen LogP contribution in [-0.4, -0.2) is 17.6 Å². The van der Waals surface area contributed by atoms with Gasteiger partial charge in [0, 0.05) is 30.0 Å². The van der Waals surface area contributed by atoms with Crippen LogP contribution in [-0.2, 0) is 6.42 Å². The lowest BCUT2D eigenvalue weighted by Gasteiger charge is -2.05. The molecule has 0 spiro atoms. The van der Waals surface area contributed by atoms with Crippen LogP contribution in [0, 0.1) is 6.92 Å². The molecular formula is C15H20N2S. The lowest BCUT2D eigenvalue weighted by atomic mass is 10.1. The zero-order valence-electron chi connectivity index (χ0n) is 11.2. The Bertz CT molecular complexity index is 485. The topological polar surface area (TPSA) is 24.9 Å². The van der Waals surface area contributed by atoms with Crippen molar-refractivity contribution in [3.63, 3.8) is 0 Å². The number of hydrogen-bond acceptors (Lipinski definition) is 3. The van der Waals surface area contributed by atoms with Crippen LogP contribution < -0.4 is 5.32 Å². The molecule has 0 atom stereocenters. The van der Waals surface area contributed by atoms with Gasteiger partial charge in [0.2, 0.25) is 0 Å². The van der Waals surface area contributed by atoms with E-state index in [9.17, 15) is 0 Å². The third-order valence-corrected chi connectivity index (χ3v) is 3.70. The third kappa shape index (κ3) is 3.65. The minimum Gasteiger partial charge on any atom is -0.314 e. The number of rotatable bonds is 5. The van der Waals surface area contributed by atoms with Gasteiger partial charge >= 0.3 is 0 Å².